The van der Waals surface area contributed by atoms with Gasteiger partial charge in [0.15, 0.2) is 0 Å². The molecule has 4 nitrogen and oxygen atoms in total. The minimum atomic E-state index is -1.07. The Hall–Kier alpha value is -1.10. The van der Waals surface area contributed by atoms with Crippen LogP contribution < -0.4 is 0 Å². The van der Waals surface area contributed by atoms with Crippen molar-refractivity contribution in [1.29, 1.82) is 0 Å². The zero-order valence-corrected chi connectivity index (χ0v) is 10.4. The van der Waals surface area contributed by atoms with Gasteiger partial charge in [-0.15, -0.1) is 0 Å². The summed E-state index contributed by atoms with van der Waals surface area (Å²) >= 11 is 5.58. The predicted molar refractivity (Wildman–Crippen MR) is 63.7 cm³/mol. The number of carbonyl (C=O) groups excluding carboxylic acids is 1. The molecule has 0 N–H and O–H groups in total. The Bertz CT molecular complexity index is 329. The van der Waals surface area contributed by atoms with E-state index >= 15 is 0 Å². The first kappa shape index (κ1) is 14.0. The van der Waals surface area contributed by atoms with Crippen molar-refractivity contribution in [2.24, 2.45) is 0 Å². The van der Waals surface area contributed by atoms with E-state index in [0.29, 0.717) is 13.2 Å². The third kappa shape index (κ3) is 5.68. The first-order chi connectivity index (χ1) is 8.24. The summed E-state index contributed by atoms with van der Waals surface area (Å²) in [7, 11) is 1.26. The molecule has 0 fully saturated rings. The van der Waals surface area contributed by atoms with Crippen LogP contribution in [0, 0.1) is 0 Å². The van der Waals surface area contributed by atoms with Crippen LogP contribution in [0.5, 0.6) is 0 Å². The molecule has 0 saturated carbocycles. The van der Waals surface area contributed by atoms with Gasteiger partial charge < -0.3 is 14.2 Å². The third-order valence-corrected chi connectivity index (χ3v) is 2.29. The van der Waals surface area contributed by atoms with E-state index in [-0.39, 0.29) is 6.61 Å². The first-order valence-electron chi connectivity index (χ1n) is 5.19. The van der Waals surface area contributed by atoms with E-state index in [4.69, 9.17) is 21.1 Å². The molecular formula is C12H15ClO4. The molecule has 0 aromatic heterocycles. The number of alkyl halides is 1. The minimum absolute atomic E-state index is 0.246. The molecule has 0 amide bonds. The molecule has 1 aromatic rings. The van der Waals surface area contributed by atoms with Gasteiger partial charge in [0.1, 0.15) is 0 Å². The largest absolute Gasteiger partial charge is 0.466 e. The number of halogens is 1. The van der Waals surface area contributed by atoms with Crippen LogP contribution >= 0.6 is 11.6 Å². The van der Waals surface area contributed by atoms with Gasteiger partial charge in [0.25, 0.3) is 0 Å². The van der Waals surface area contributed by atoms with E-state index in [9.17, 15) is 4.79 Å². The highest BCUT2D eigenvalue weighted by molar-refractivity contribution is 6.28. The Morgan fingerprint density at radius 1 is 1.29 bits per heavy atom. The second-order valence-corrected chi connectivity index (χ2v) is 3.64. The lowest BCUT2D eigenvalue weighted by molar-refractivity contribution is -0.149. The normalized spacial score (nSPS) is 12.1. The topological polar surface area (TPSA) is 44.8 Å². The summed E-state index contributed by atoms with van der Waals surface area (Å²) in [5.41, 5.74) is 0.0169. The quantitative estimate of drug-likeness (QED) is 0.426. The summed E-state index contributed by atoms with van der Waals surface area (Å²) in [4.78, 5) is 10.9. The number of ether oxygens (including phenoxy) is 3. The van der Waals surface area contributed by atoms with Crippen LogP contribution in [0.15, 0.2) is 30.3 Å². The summed E-state index contributed by atoms with van der Waals surface area (Å²) < 4.78 is 14.7. The number of hydrogen-bond donors (Lipinski definition) is 0. The van der Waals surface area contributed by atoms with Crippen LogP contribution in [0.25, 0.3) is 0 Å². The number of rotatable bonds is 7. The second-order valence-electron chi connectivity index (χ2n) is 3.25. The van der Waals surface area contributed by atoms with Gasteiger partial charge in [0.05, 0.1) is 26.9 Å². The third-order valence-electron chi connectivity index (χ3n) is 1.99. The maximum absolute atomic E-state index is 10.9. The van der Waals surface area contributed by atoms with Crippen LogP contribution in [0.1, 0.15) is 5.56 Å². The standard InChI is InChI=1S/C12H15ClO4/c1-15-12(14)11(13)17-8-7-16-9-10-5-3-2-4-6-10/h2-6,11H,7-9H2,1H3. The fourth-order valence-corrected chi connectivity index (χ4v) is 1.31. The average molecular weight is 259 g/mol. The number of carbonyl (C=O) groups is 1. The summed E-state index contributed by atoms with van der Waals surface area (Å²) in [6.45, 7) is 1.13. The molecule has 1 unspecified atom stereocenters. The van der Waals surface area contributed by atoms with Gasteiger partial charge in [-0.05, 0) is 5.56 Å². The van der Waals surface area contributed by atoms with E-state index in [2.05, 4.69) is 4.74 Å². The maximum atomic E-state index is 10.9. The van der Waals surface area contributed by atoms with Crippen molar-refractivity contribution in [2.45, 2.75) is 12.2 Å². The van der Waals surface area contributed by atoms with Gasteiger partial charge in [-0.1, -0.05) is 41.9 Å². The van der Waals surface area contributed by atoms with Crippen molar-refractivity contribution in [3.63, 3.8) is 0 Å². The molecule has 0 saturated heterocycles. The number of methoxy groups -OCH3 is 1. The minimum Gasteiger partial charge on any atom is -0.466 e. The Labute approximate surface area is 105 Å². The SMILES string of the molecule is COC(=O)C(Cl)OCCOCc1ccccc1. The summed E-state index contributed by atoms with van der Waals surface area (Å²) in [6, 6.07) is 9.78. The Balaban J connectivity index is 2.07. The fourth-order valence-electron chi connectivity index (χ4n) is 1.14. The number of hydrogen-bond acceptors (Lipinski definition) is 4. The van der Waals surface area contributed by atoms with Crippen LogP contribution in [0.2, 0.25) is 0 Å². The number of benzene rings is 1. The molecule has 17 heavy (non-hydrogen) atoms. The average Bonchev–Trinajstić information content (AvgIpc) is 2.38. The smallest absolute Gasteiger partial charge is 0.350 e. The lowest BCUT2D eigenvalue weighted by atomic mass is 10.2. The van der Waals surface area contributed by atoms with Crippen molar-refractivity contribution in [3.05, 3.63) is 35.9 Å². The molecule has 0 radical (unpaired) electrons. The van der Waals surface area contributed by atoms with Crippen molar-refractivity contribution in [3.8, 4) is 0 Å². The second kappa shape index (κ2) is 8.06. The van der Waals surface area contributed by atoms with Gasteiger partial charge in [0.2, 0.25) is 5.56 Å². The number of esters is 1. The first-order valence-corrected chi connectivity index (χ1v) is 5.63. The highest BCUT2D eigenvalue weighted by atomic mass is 35.5. The van der Waals surface area contributed by atoms with E-state index in [0.717, 1.165) is 5.56 Å². The highest BCUT2D eigenvalue weighted by Crippen LogP contribution is 2.02. The fraction of sp³-hybridized carbons (Fsp3) is 0.417. The van der Waals surface area contributed by atoms with Crippen LogP contribution in [0.3, 0.4) is 0 Å². The highest BCUT2D eigenvalue weighted by Gasteiger charge is 2.15. The molecule has 0 aliphatic rings. The van der Waals surface area contributed by atoms with Gasteiger partial charge in [-0.25, -0.2) is 4.79 Å². The van der Waals surface area contributed by atoms with Crippen molar-refractivity contribution in [1.82, 2.24) is 0 Å². The predicted octanol–water partition coefficient (Wildman–Crippen LogP) is 1.96. The maximum Gasteiger partial charge on any atom is 0.350 e. The van der Waals surface area contributed by atoms with Crippen molar-refractivity contribution < 1.29 is 19.0 Å². The van der Waals surface area contributed by atoms with Gasteiger partial charge >= 0.3 is 5.97 Å². The molecule has 1 rings (SSSR count). The lowest BCUT2D eigenvalue weighted by Gasteiger charge is -2.09. The molecule has 0 aliphatic heterocycles. The van der Waals surface area contributed by atoms with Crippen molar-refractivity contribution >= 4 is 17.6 Å². The Morgan fingerprint density at radius 2 is 2.00 bits per heavy atom. The Kier molecular flexibility index (Phi) is 6.62. The van der Waals surface area contributed by atoms with Crippen molar-refractivity contribution in [2.75, 3.05) is 20.3 Å². The molecule has 1 atom stereocenters. The molecule has 94 valence electrons. The molecule has 0 aliphatic carbocycles. The molecule has 0 heterocycles. The Morgan fingerprint density at radius 3 is 2.65 bits per heavy atom. The van der Waals surface area contributed by atoms with Crippen LogP contribution in [-0.4, -0.2) is 31.9 Å². The van der Waals surface area contributed by atoms with Crippen LogP contribution in [-0.2, 0) is 25.6 Å². The monoisotopic (exact) mass is 258 g/mol. The van der Waals surface area contributed by atoms with Gasteiger partial charge in [0, 0.05) is 0 Å². The molecule has 0 bridgehead atoms. The zero-order chi connectivity index (χ0) is 12.5. The summed E-state index contributed by atoms with van der Waals surface area (Å²) in [5, 5.41) is 0. The lowest BCUT2D eigenvalue weighted by Crippen LogP contribution is -2.21. The van der Waals surface area contributed by atoms with E-state index in [1.807, 2.05) is 30.3 Å². The molecule has 0 spiro atoms. The molecular weight excluding hydrogens is 244 g/mol. The van der Waals surface area contributed by atoms with E-state index in [1.165, 1.54) is 7.11 Å². The summed E-state index contributed by atoms with van der Waals surface area (Å²) in [5.74, 6) is -0.602. The van der Waals surface area contributed by atoms with E-state index < -0.39 is 11.5 Å². The van der Waals surface area contributed by atoms with Gasteiger partial charge in [-0.2, -0.15) is 0 Å². The zero-order valence-electron chi connectivity index (χ0n) is 9.60. The summed E-state index contributed by atoms with van der Waals surface area (Å²) in [6.07, 6.45) is 0. The van der Waals surface area contributed by atoms with Gasteiger partial charge in [-0.3, -0.25) is 0 Å². The molecule has 1 aromatic carbocycles. The molecule has 5 heteroatoms. The van der Waals surface area contributed by atoms with E-state index in [1.54, 1.807) is 0 Å². The van der Waals surface area contributed by atoms with Crippen LogP contribution in [0.4, 0.5) is 0 Å².